The van der Waals surface area contributed by atoms with Gasteiger partial charge in [0, 0.05) is 29.2 Å². The van der Waals surface area contributed by atoms with Crippen molar-refractivity contribution in [1.29, 1.82) is 5.26 Å². The SMILES string of the molecule is N#CCN1C(=O)C(NC(=O)C2Cc3cc(Cl)ccc3N2)Cc2ccccc21. The molecule has 2 unspecified atom stereocenters. The van der Waals surface area contributed by atoms with E-state index >= 15 is 0 Å². The van der Waals surface area contributed by atoms with Crippen LogP contribution in [0.1, 0.15) is 11.1 Å². The quantitative estimate of drug-likeness (QED) is 0.800. The van der Waals surface area contributed by atoms with Crippen LogP contribution in [0.5, 0.6) is 0 Å². The first-order chi connectivity index (χ1) is 13.1. The molecule has 2 aliphatic rings. The maximum atomic E-state index is 12.8. The van der Waals surface area contributed by atoms with Crippen LogP contribution in [0.2, 0.25) is 5.02 Å². The maximum Gasteiger partial charge on any atom is 0.250 e. The summed E-state index contributed by atoms with van der Waals surface area (Å²) in [5, 5.41) is 15.7. The van der Waals surface area contributed by atoms with E-state index in [1.165, 1.54) is 4.90 Å². The zero-order valence-electron chi connectivity index (χ0n) is 14.4. The Morgan fingerprint density at radius 1 is 1.26 bits per heavy atom. The lowest BCUT2D eigenvalue weighted by atomic mass is 9.96. The molecule has 2 aromatic carbocycles. The maximum absolute atomic E-state index is 12.8. The van der Waals surface area contributed by atoms with Gasteiger partial charge in [-0.2, -0.15) is 5.26 Å². The van der Waals surface area contributed by atoms with E-state index < -0.39 is 12.1 Å². The Kier molecular flexibility index (Phi) is 4.46. The first-order valence-electron chi connectivity index (χ1n) is 8.68. The summed E-state index contributed by atoms with van der Waals surface area (Å²) in [6, 6.07) is 13.8. The highest BCUT2D eigenvalue weighted by Gasteiger charge is 2.36. The fourth-order valence-electron chi connectivity index (χ4n) is 3.67. The predicted octanol–water partition coefficient (Wildman–Crippen LogP) is 2.27. The topological polar surface area (TPSA) is 85.2 Å². The van der Waals surface area contributed by atoms with Gasteiger partial charge in [-0.25, -0.2) is 0 Å². The second-order valence-corrected chi connectivity index (χ2v) is 7.12. The molecule has 2 heterocycles. The van der Waals surface area contributed by atoms with Crippen LogP contribution in [0, 0.1) is 11.3 Å². The highest BCUT2D eigenvalue weighted by Crippen LogP contribution is 2.30. The van der Waals surface area contributed by atoms with Crippen molar-refractivity contribution in [3.63, 3.8) is 0 Å². The fraction of sp³-hybridized carbons (Fsp3) is 0.250. The lowest BCUT2D eigenvalue weighted by Crippen LogP contribution is -2.55. The van der Waals surface area contributed by atoms with Crippen LogP contribution < -0.4 is 15.5 Å². The molecular formula is C20H17ClN4O2. The summed E-state index contributed by atoms with van der Waals surface area (Å²) in [5.74, 6) is -0.501. The molecule has 0 fully saturated rings. The molecule has 27 heavy (non-hydrogen) atoms. The number of hydrogen-bond acceptors (Lipinski definition) is 4. The number of fused-ring (bicyclic) bond motifs is 2. The molecule has 4 rings (SSSR count). The number of hydrogen-bond donors (Lipinski definition) is 2. The highest BCUT2D eigenvalue weighted by atomic mass is 35.5. The van der Waals surface area contributed by atoms with Crippen molar-refractivity contribution in [3.05, 3.63) is 58.6 Å². The zero-order valence-corrected chi connectivity index (χ0v) is 15.2. The average molecular weight is 381 g/mol. The van der Waals surface area contributed by atoms with Gasteiger partial charge in [-0.15, -0.1) is 0 Å². The Bertz CT molecular complexity index is 969. The number of rotatable bonds is 3. The van der Waals surface area contributed by atoms with Crippen molar-refractivity contribution in [2.45, 2.75) is 24.9 Å². The smallest absolute Gasteiger partial charge is 0.250 e. The second kappa shape index (κ2) is 6.93. The van der Waals surface area contributed by atoms with Crippen molar-refractivity contribution < 1.29 is 9.59 Å². The third-order valence-electron chi connectivity index (χ3n) is 4.95. The van der Waals surface area contributed by atoms with Gasteiger partial charge in [0.05, 0.1) is 6.07 Å². The summed E-state index contributed by atoms with van der Waals surface area (Å²) < 4.78 is 0. The summed E-state index contributed by atoms with van der Waals surface area (Å²) in [6.45, 7) is -0.0478. The highest BCUT2D eigenvalue weighted by molar-refractivity contribution is 6.30. The van der Waals surface area contributed by atoms with Gasteiger partial charge >= 0.3 is 0 Å². The number of benzene rings is 2. The molecule has 2 amide bonds. The molecule has 0 bridgehead atoms. The molecule has 2 aromatic rings. The molecule has 0 saturated heterocycles. The molecule has 0 aliphatic carbocycles. The van der Waals surface area contributed by atoms with E-state index in [0.717, 1.165) is 22.5 Å². The van der Waals surface area contributed by atoms with Gasteiger partial charge in [-0.3, -0.25) is 14.5 Å². The number of carbonyl (C=O) groups is 2. The molecule has 0 spiro atoms. The van der Waals surface area contributed by atoms with E-state index in [9.17, 15) is 9.59 Å². The van der Waals surface area contributed by atoms with Crippen molar-refractivity contribution in [2.75, 3.05) is 16.8 Å². The molecule has 6 nitrogen and oxygen atoms in total. The van der Waals surface area contributed by atoms with Gasteiger partial charge in [-0.05, 0) is 35.4 Å². The Hall–Kier alpha value is -3.04. The monoisotopic (exact) mass is 380 g/mol. The van der Waals surface area contributed by atoms with E-state index in [4.69, 9.17) is 16.9 Å². The molecule has 2 atom stereocenters. The van der Waals surface area contributed by atoms with Crippen molar-refractivity contribution in [2.24, 2.45) is 0 Å². The third-order valence-corrected chi connectivity index (χ3v) is 5.19. The molecule has 7 heteroatoms. The minimum atomic E-state index is -0.685. The van der Waals surface area contributed by atoms with Crippen LogP contribution in [-0.4, -0.2) is 30.4 Å². The minimum Gasteiger partial charge on any atom is -0.373 e. The number of nitrogens with one attached hydrogen (secondary N) is 2. The van der Waals surface area contributed by atoms with E-state index in [2.05, 4.69) is 10.6 Å². The van der Waals surface area contributed by atoms with E-state index in [0.29, 0.717) is 17.9 Å². The van der Waals surface area contributed by atoms with Crippen LogP contribution >= 0.6 is 11.6 Å². The third kappa shape index (κ3) is 3.22. The van der Waals surface area contributed by atoms with Crippen molar-refractivity contribution in [1.82, 2.24) is 5.32 Å². The molecular weight excluding hydrogens is 364 g/mol. The van der Waals surface area contributed by atoms with E-state index in [1.54, 1.807) is 6.07 Å². The van der Waals surface area contributed by atoms with Gasteiger partial charge in [0.25, 0.3) is 5.91 Å². The molecule has 2 N–H and O–H groups in total. The van der Waals surface area contributed by atoms with Gasteiger partial charge < -0.3 is 10.6 Å². The van der Waals surface area contributed by atoms with Crippen LogP contribution in [0.15, 0.2) is 42.5 Å². The molecule has 136 valence electrons. The van der Waals surface area contributed by atoms with Gasteiger partial charge in [0.15, 0.2) is 0 Å². The van der Waals surface area contributed by atoms with Gasteiger partial charge in [0.1, 0.15) is 18.6 Å². The predicted molar refractivity (Wildman–Crippen MR) is 103 cm³/mol. The minimum absolute atomic E-state index is 0.0478. The van der Waals surface area contributed by atoms with Crippen LogP contribution in [0.3, 0.4) is 0 Å². The Morgan fingerprint density at radius 2 is 2.07 bits per heavy atom. The second-order valence-electron chi connectivity index (χ2n) is 6.68. The number of nitrogens with zero attached hydrogens (tertiary/aromatic N) is 2. The molecule has 0 aromatic heterocycles. The van der Waals surface area contributed by atoms with Crippen LogP contribution in [-0.2, 0) is 22.4 Å². The average Bonchev–Trinajstić information content (AvgIpc) is 3.08. The van der Waals surface area contributed by atoms with Gasteiger partial charge in [-0.1, -0.05) is 29.8 Å². The molecule has 2 aliphatic heterocycles. The molecule has 0 radical (unpaired) electrons. The number of para-hydroxylation sites is 1. The van der Waals surface area contributed by atoms with Crippen molar-refractivity contribution in [3.8, 4) is 6.07 Å². The Balaban J connectivity index is 1.51. The lowest BCUT2D eigenvalue weighted by molar-refractivity contribution is -0.128. The van der Waals surface area contributed by atoms with Crippen LogP contribution in [0.25, 0.3) is 0 Å². The lowest BCUT2D eigenvalue weighted by Gasteiger charge is -2.33. The van der Waals surface area contributed by atoms with Crippen LogP contribution in [0.4, 0.5) is 11.4 Å². The number of amides is 2. The summed E-state index contributed by atoms with van der Waals surface area (Å²) in [5.41, 5.74) is 3.53. The number of nitriles is 1. The summed E-state index contributed by atoms with van der Waals surface area (Å²) in [7, 11) is 0. The summed E-state index contributed by atoms with van der Waals surface area (Å²) in [6.07, 6.45) is 0.926. The Morgan fingerprint density at radius 3 is 2.89 bits per heavy atom. The van der Waals surface area contributed by atoms with E-state index in [1.807, 2.05) is 42.5 Å². The fourth-order valence-corrected chi connectivity index (χ4v) is 3.86. The first-order valence-corrected chi connectivity index (χ1v) is 9.06. The largest absolute Gasteiger partial charge is 0.373 e. The normalized spacial score (nSPS) is 20.3. The standard InChI is InChI=1S/C20H17ClN4O2/c21-14-5-6-15-13(9-14)11-16(23-15)19(26)24-17-10-12-3-1-2-4-18(12)25(8-7-22)20(17)27/h1-6,9,16-17,23H,8,10-11H2,(H,24,26). The number of anilines is 2. The number of halogens is 1. The van der Waals surface area contributed by atoms with Gasteiger partial charge in [0.2, 0.25) is 5.91 Å². The van der Waals surface area contributed by atoms with Crippen molar-refractivity contribution >= 4 is 34.8 Å². The summed E-state index contributed by atoms with van der Waals surface area (Å²) >= 11 is 6.01. The molecule has 0 saturated carbocycles. The summed E-state index contributed by atoms with van der Waals surface area (Å²) in [4.78, 5) is 27.0. The Labute approximate surface area is 161 Å². The first kappa shape index (κ1) is 17.4. The van der Waals surface area contributed by atoms with E-state index in [-0.39, 0.29) is 18.4 Å². The number of carbonyl (C=O) groups excluding carboxylic acids is 2. The zero-order chi connectivity index (χ0) is 19.0.